The van der Waals surface area contributed by atoms with E-state index in [9.17, 15) is 38.7 Å². The van der Waals surface area contributed by atoms with Crippen LogP contribution in [0.5, 0.6) is 0 Å². The van der Waals surface area contributed by atoms with Gasteiger partial charge in [-0.05, 0) is 31.4 Å². The highest BCUT2D eigenvalue weighted by Gasteiger charge is 2.38. The summed E-state index contributed by atoms with van der Waals surface area (Å²) in [4.78, 5) is 93.4. The molecule has 2 rings (SSSR count). The van der Waals surface area contributed by atoms with Crippen LogP contribution in [0.15, 0.2) is 24.8 Å². The molecule has 0 radical (unpaired) electrons. The maximum Gasteiger partial charge on any atom is 0.306 e. The van der Waals surface area contributed by atoms with Crippen molar-refractivity contribution in [2.24, 2.45) is 17.6 Å². The second kappa shape index (κ2) is 35.1. The fourth-order valence-corrected chi connectivity index (χ4v) is 8.64. The van der Waals surface area contributed by atoms with Gasteiger partial charge in [-0.2, -0.15) is 0 Å². The van der Waals surface area contributed by atoms with E-state index in [1.54, 1.807) is 24.9 Å². The molecule has 3 amide bonds. The number of nitrogens with one attached hydrogen (secondary N) is 3. The number of amides is 3. The number of carbonyl (C=O) groups excluding carboxylic acids is 5. The van der Waals surface area contributed by atoms with E-state index in [0.717, 1.165) is 37.9 Å². The first kappa shape index (κ1) is 57.0. The Hall–Kier alpha value is -4.13. The van der Waals surface area contributed by atoms with Gasteiger partial charge in [-0.25, -0.2) is 4.98 Å². The zero-order chi connectivity index (χ0) is 47.7. The highest BCUT2D eigenvalue weighted by Crippen LogP contribution is 2.27. The minimum Gasteiger partial charge on any atom is -0.481 e. The number of unbranched alkanes of at least 4 members (excludes halogenated alkanes) is 13. The zero-order valence-electron chi connectivity index (χ0n) is 38.8. The molecule has 1 aromatic heterocycles. The molecule has 7 N–H and O–H groups in total. The minimum absolute atomic E-state index is 0.0585. The summed E-state index contributed by atoms with van der Waals surface area (Å²) in [5.74, 6) is -3.55. The molecule has 0 spiro atoms. The maximum absolute atomic E-state index is 12.9. The number of nitrogens with zero attached hydrogens (tertiary/aromatic N) is 2. The van der Waals surface area contributed by atoms with Gasteiger partial charge in [0.05, 0.1) is 43.4 Å². The Bertz CT molecular complexity index is 1580. The molecule has 368 valence electrons. The molecular formula is C47H78N6O11S. The molecule has 1 unspecified atom stereocenters. The fourth-order valence-electron chi connectivity index (χ4n) is 7.45. The number of carboxylic acid groups (broad SMARTS) is 2. The van der Waals surface area contributed by atoms with Crippen molar-refractivity contribution in [1.29, 1.82) is 0 Å². The van der Waals surface area contributed by atoms with Crippen LogP contribution in [-0.2, 0) is 49.5 Å². The number of aromatic nitrogens is 2. The van der Waals surface area contributed by atoms with Crippen LogP contribution in [0.4, 0.5) is 0 Å². The third-order valence-corrected chi connectivity index (χ3v) is 12.8. The van der Waals surface area contributed by atoms with Crippen molar-refractivity contribution in [2.75, 3.05) is 51.8 Å². The van der Waals surface area contributed by atoms with Crippen LogP contribution in [0.25, 0.3) is 0 Å². The molecule has 1 aliphatic rings. The third kappa shape index (κ3) is 27.2. The molecule has 1 fully saturated rings. The Labute approximate surface area is 389 Å². The van der Waals surface area contributed by atoms with Crippen molar-refractivity contribution < 1.29 is 53.2 Å². The molecular weight excluding hydrogens is 857 g/mol. The van der Waals surface area contributed by atoms with Gasteiger partial charge < -0.3 is 41.0 Å². The lowest BCUT2D eigenvalue weighted by atomic mass is 9.88. The number of aromatic amines is 1. The van der Waals surface area contributed by atoms with Crippen molar-refractivity contribution >= 4 is 53.0 Å². The van der Waals surface area contributed by atoms with Gasteiger partial charge in [0.15, 0.2) is 5.78 Å². The second-order valence-corrected chi connectivity index (χ2v) is 18.5. The quantitative estimate of drug-likeness (QED) is 0.0336. The van der Waals surface area contributed by atoms with Gasteiger partial charge in [0.1, 0.15) is 12.4 Å². The van der Waals surface area contributed by atoms with Gasteiger partial charge in [0.25, 0.3) is 0 Å². The number of rotatable bonds is 43. The topological polar surface area (TPSA) is 260 Å². The molecule has 0 aromatic carbocycles. The van der Waals surface area contributed by atoms with E-state index in [1.165, 1.54) is 62.6 Å². The van der Waals surface area contributed by atoms with Crippen LogP contribution in [0, 0.1) is 11.8 Å². The normalized spacial score (nSPS) is 15.2. The van der Waals surface area contributed by atoms with Crippen LogP contribution in [0.3, 0.4) is 0 Å². The SMILES string of the molecule is C=C(CCN1C(=O)CC(SCCCCCCCCCCCCCCCC(=O)O)C1=O)NCCOCCOCC(=O)NCCCC[C@H](CC(=O)[C@@H](C)CC(=O)[C@@H](N)Cc1cnc[nH]1)C(=O)O. The Morgan fingerprint density at radius 2 is 1.49 bits per heavy atom. The first-order valence-corrected chi connectivity index (χ1v) is 24.9. The molecule has 0 aliphatic carbocycles. The van der Waals surface area contributed by atoms with Gasteiger partial charge in [-0.1, -0.05) is 90.6 Å². The van der Waals surface area contributed by atoms with Crippen molar-refractivity contribution in [1.82, 2.24) is 25.5 Å². The zero-order valence-corrected chi connectivity index (χ0v) is 39.6. The standard InChI is InChI=1S/C47H78N6O11S/c1-35(28-41(55)39(48)30-38-32-49-34-52-38)40(54)29-37(47(61)62)18-15-16-21-51-43(56)33-64-26-25-63-24-22-50-36(2)20-23-53-44(57)31-42(46(53)60)65-27-17-13-11-9-7-5-3-4-6-8-10-12-14-19-45(58)59/h32,34-35,37,39,42,50H,2-31,33,48H2,1H3,(H,49,52)(H,51,56)(H,58,59)(H,61,62)/t35-,37+,39-,42?/m0/s1. The number of thioether (sulfide) groups is 1. The summed E-state index contributed by atoms with van der Waals surface area (Å²) in [7, 11) is 0. The highest BCUT2D eigenvalue weighted by molar-refractivity contribution is 8.00. The lowest BCUT2D eigenvalue weighted by Gasteiger charge is -2.17. The number of Topliss-reactive ketones (excluding diaryl/α,β-unsaturated/α-hetero) is 2. The van der Waals surface area contributed by atoms with E-state index in [-0.39, 0.29) is 92.9 Å². The molecule has 4 atom stereocenters. The lowest BCUT2D eigenvalue weighted by molar-refractivity contribution is -0.144. The molecule has 18 heteroatoms. The predicted octanol–water partition coefficient (Wildman–Crippen LogP) is 5.75. The molecule has 2 heterocycles. The first-order valence-electron chi connectivity index (χ1n) is 23.8. The van der Waals surface area contributed by atoms with Crippen LogP contribution in [0.1, 0.15) is 147 Å². The lowest BCUT2D eigenvalue weighted by Crippen LogP contribution is -2.35. The van der Waals surface area contributed by atoms with Crippen molar-refractivity contribution in [2.45, 2.75) is 159 Å². The number of hydrogen-bond donors (Lipinski definition) is 6. The van der Waals surface area contributed by atoms with Gasteiger partial charge in [-0.3, -0.25) is 38.5 Å². The molecule has 17 nitrogen and oxygen atoms in total. The van der Waals surface area contributed by atoms with Crippen LogP contribution >= 0.6 is 11.8 Å². The Morgan fingerprint density at radius 3 is 2.12 bits per heavy atom. The number of imide groups is 1. The number of aliphatic carboxylic acids is 2. The smallest absolute Gasteiger partial charge is 0.306 e. The number of hydrogen-bond acceptors (Lipinski definition) is 13. The summed E-state index contributed by atoms with van der Waals surface area (Å²) in [5.41, 5.74) is 7.40. The number of H-pyrrole nitrogens is 1. The van der Waals surface area contributed by atoms with Crippen molar-refractivity contribution in [3.63, 3.8) is 0 Å². The summed E-state index contributed by atoms with van der Waals surface area (Å²) in [5, 5.41) is 23.9. The second-order valence-electron chi connectivity index (χ2n) is 17.1. The average molecular weight is 935 g/mol. The summed E-state index contributed by atoms with van der Waals surface area (Å²) in [6, 6.07) is -0.785. The van der Waals surface area contributed by atoms with E-state index in [2.05, 4.69) is 27.2 Å². The van der Waals surface area contributed by atoms with E-state index in [1.807, 2.05) is 0 Å². The van der Waals surface area contributed by atoms with Crippen molar-refractivity contribution in [3.8, 4) is 0 Å². The highest BCUT2D eigenvalue weighted by atomic mass is 32.2. The van der Waals surface area contributed by atoms with E-state index < -0.39 is 29.8 Å². The van der Waals surface area contributed by atoms with Crippen LogP contribution in [-0.4, -0.2) is 129 Å². The molecule has 1 saturated heterocycles. The number of carboxylic acids is 2. The van der Waals surface area contributed by atoms with Gasteiger partial charge in [-0.15, -0.1) is 11.8 Å². The summed E-state index contributed by atoms with van der Waals surface area (Å²) in [6.45, 7) is 7.44. The first-order chi connectivity index (χ1) is 31.3. The fraction of sp³-hybridized carbons (Fsp3) is 0.745. The van der Waals surface area contributed by atoms with Gasteiger partial charge in [0, 0.05) is 81.7 Å². The Kier molecular flexibility index (Phi) is 30.8. The van der Waals surface area contributed by atoms with E-state index >= 15 is 0 Å². The summed E-state index contributed by atoms with van der Waals surface area (Å²) >= 11 is 1.59. The Balaban J connectivity index is 1.41. The van der Waals surface area contributed by atoms with Gasteiger partial charge >= 0.3 is 11.9 Å². The van der Waals surface area contributed by atoms with E-state index in [4.69, 9.17) is 20.3 Å². The molecule has 65 heavy (non-hydrogen) atoms. The number of carbonyl (C=O) groups is 7. The molecule has 0 saturated carbocycles. The molecule has 1 aromatic rings. The van der Waals surface area contributed by atoms with Crippen LogP contribution in [0.2, 0.25) is 0 Å². The number of nitrogens with two attached hydrogens (primary N) is 1. The number of ether oxygens (including phenoxy) is 2. The average Bonchev–Trinajstić information content (AvgIpc) is 3.88. The summed E-state index contributed by atoms with van der Waals surface area (Å²) < 4.78 is 10.9. The monoisotopic (exact) mass is 935 g/mol. The van der Waals surface area contributed by atoms with E-state index in [0.29, 0.717) is 56.9 Å². The van der Waals surface area contributed by atoms with Crippen LogP contribution < -0.4 is 16.4 Å². The minimum atomic E-state index is -1.08. The summed E-state index contributed by atoms with van der Waals surface area (Å²) in [6.07, 6.45) is 20.4. The Morgan fingerprint density at radius 1 is 0.846 bits per heavy atom. The van der Waals surface area contributed by atoms with Crippen molar-refractivity contribution in [3.05, 3.63) is 30.5 Å². The third-order valence-electron chi connectivity index (χ3n) is 11.5. The molecule has 1 aliphatic heterocycles. The number of likely N-dealkylation sites (tertiary alicyclic amines) is 1. The predicted molar refractivity (Wildman–Crippen MR) is 250 cm³/mol. The van der Waals surface area contributed by atoms with Gasteiger partial charge in [0.2, 0.25) is 17.7 Å². The molecule has 0 bridgehead atoms. The number of ketones is 2. The largest absolute Gasteiger partial charge is 0.481 e. The number of imidazole rings is 1. The maximum atomic E-state index is 12.9.